The fourth-order valence-electron chi connectivity index (χ4n) is 4.39. The third-order valence-corrected chi connectivity index (χ3v) is 8.17. The summed E-state index contributed by atoms with van der Waals surface area (Å²) in [6.07, 6.45) is 2.71. The topological polar surface area (TPSA) is 194 Å². The van der Waals surface area contributed by atoms with Crippen molar-refractivity contribution in [3.63, 3.8) is 0 Å². The van der Waals surface area contributed by atoms with Crippen LogP contribution in [0.3, 0.4) is 0 Å². The number of nitrogen functional groups attached to an aromatic ring is 2. The number of thiazole rings is 1. The number of aliphatic carboxylic acids is 1. The first-order chi connectivity index (χ1) is 17.6. The minimum atomic E-state index is -1.50. The largest absolute Gasteiger partial charge is 0.477 e. The number of rotatable bonds is 7. The summed E-state index contributed by atoms with van der Waals surface area (Å²) in [4.78, 5) is 47.0. The molecule has 14 nitrogen and oxygen atoms in total. The van der Waals surface area contributed by atoms with Crippen LogP contribution in [0.25, 0.3) is 5.65 Å². The van der Waals surface area contributed by atoms with E-state index in [1.165, 1.54) is 28.3 Å². The Bertz CT molecular complexity index is 1510. The summed E-state index contributed by atoms with van der Waals surface area (Å²) in [6.45, 7) is 1.75. The third kappa shape index (κ3) is 4.03. The van der Waals surface area contributed by atoms with Crippen molar-refractivity contribution in [1.29, 1.82) is 0 Å². The van der Waals surface area contributed by atoms with Crippen LogP contribution >= 0.6 is 23.1 Å². The molecule has 1 unspecified atom stereocenters. The minimum absolute atomic E-state index is 0.0564. The van der Waals surface area contributed by atoms with Gasteiger partial charge in [-0.1, -0.05) is 26.5 Å². The Morgan fingerprint density at radius 1 is 1.46 bits per heavy atom. The van der Waals surface area contributed by atoms with E-state index in [2.05, 4.69) is 25.4 Å². The number of oxime groups is 1. The maximum atomic E-state index is 13.0. The molecule has 5 rings (SSSR count). The summed E-state index contributed by atoms with van der Waals surface area (Å²) in [5.41, 5.74) is 13.6. The molecule has 2 atom stereocenters. The molecular weight excluding hydrogens is 522 g/mol. The standard InChI is InChI=1S/C21H21N9O5S2/c1-10-5-15-28(4-3-13(22)30(15)27-10)8-11-18(19(33)34)29-16(32)6-17(29)37-21(11,12-9-36-20(23)25-12)26-14(31)7-24-35-2/h3-5,7,9,17,22H,6,8H2,1-2H3,(H4,23,25,26,31,33,34)/p+1/t17-,21?/m0/s1. The van der Waals surface area contributed by atoms with Crippen LogP contribution in [-0.2, 0) is 30.6 Å². The maximum Gasteiger partial charge on any atom is 0.352 e. The van der Waals surface area contributed by atoms with Crippen molar-refractivity contribution in [2.75, 3.05) is 18.6 Å². The smallest absolute Gasteiger partial charge is 0.352 e. The van der Waals surface area contributed by atoms with Crippen molar-refractivity contribution in [3.05, 3.63) is 46.4 Å². The summed E-state index contributed by atoms with van der Waals surface area (Å²) < 4.78 is 3.26. The Labute approximate surface area is 217 Å². The predicted molar refractivity (Wildman–Crippen MR) is 134 cm³/mol. The number of nitrogens with one attached hydrogen (secondary N) is 1. The number of nitrogens with two attached hydrogens (primary N) is 2. The normalized spacial score (nSPS) is 21.3. The molecule has 0 spiro atoms. The van der Waals surface area contributed by atoms with E-state index in [1.54, 1.807) is 35.2 Å². The molecule has 2 aliphatic heterocycles. The molecule has 3 aromatic heterocycles. The van der Waals surface area contributed by atoms with Gasteiger partial charge < -0.3 is 26.7 Å². The van der Waals surface area contributed by atoms with Crippen molar-refractivity contribution in [1.82, 2.24) is 24.8 Å². The zero-order valence-corrected chi connectivity index (χ0v) is 21.2. The molecule has 0 aromatic carbocycles. The zero-order valence-electron chi connectivity index (χ0n) is 19.6. The number of hydrogen-bond acceptors (Lipinski definition) is 11. The van der Waals surface area contributed by atoms with E-state index >= 15 is 0 Å². The van der Waals surface area contributed by atoms with Crippen LogP contribution in [0, 0.1) is 6.92 Å². The average molecular weight is 545 g/mol. The molecule has 0 aliphatic carbocycles. The zero-order chi connectivity index (χ0) is 26.5. The highest BCUT2D eigenvalue weighted by Gasteiger charge is 2.57. The highest BCUT2D eigenvalue weighted by atomic mass is 32.2. The molecule has 0 saturated carbocycles. The molecule has 3 aromatic rings. The van der Waals surface area contributed by atoms with Gasteiger partial charge in [0.2, 0.25) is 11.7 Å². The number of amides is 2. The molecule has 5 heterocycles. The molecule has 6 N–H and O–H groups in total. The first kappa shape index (κ1) is 24.5. The Hall–Kier alpha value is -4.18. The van der Waals surface area contributed by atoms with E-state index in [0.29, 0.717) is 22.9 Å². The van der Waals surface area contributed by atoms with Crippen LogP contribution in [0.2, 0.25) is 0 Å². The lowest BCUT2D eigenvalue weighted by molar-refractivity contribution is -0.667. The highest BCUT2D eigenvalue weighted by Crippen LogP contribution is 2.54. The van der Waals surface area contributed by atoms with Crippen molar-refractivity contribution in [2.45, 2.75) is 30.1 Å². The van der Waals surface area contributed by atoms with E-state index in [0.717, 1.165) is 17.6 Å². The summed E-state index contributed by atoms with van der Waals surface area (Å²) in [5, 5.41) is 22.5. The van der Waals surface area contributed by atoms with Gasteiger partial charge in [0, 0.05) is 17.0 Å². The number of carbonyl (C=O) groups excluding carboxylic acids is 2. The number of fused-ring (bicyclic) bond motifs is 2. The molecule has 192 valence electrons. The number of aromatic nitrogens is 4. The van der Waals surface area contributed by atoms with Crippen LogP contribution in [0.15, 0.2) is 40.1 Å². The highest BCUT2D eigenvalue weighted by molar-refractivity contribution is 8.01. The number of thioether (sulfide) groups is 1. The van der Waals surface area contributed by atoms with Gasteiger partial charge in [0.25, 0.3) is 5.91 Å². The van der Waals surface area contributed by atoms with Gasteiger partial charge in [0.15, 0.2) is 10.0 Å². The monoisotopic (exact) mass is 544 g/mol. The number of carboxylic acids is 1. The van der Waals surface area contributed by atoms with Crippen LogP contribution in [0.1, 0.15) is 17.8 Å². The quantitative estimate of drug-likeness (QED) is 0.134. The van der Waals surface area contributed by atoms with E-state index in [9.17, 15) is 19.5 Å². The van der Waals surface area contributed by atoms with Gasteiger partial charge in [0.1, 0.15) is 25.6 Å². The van der Waals surface area contributed by atoms with Gasteiger partial charge in [-0.05, 0) is 6.92 Å². The van der Waals surface area contributed by atoms with Gasteiger partial charge in [-0.15, -0.1) is 11.3 Å². The lowest BCUT2D eigenvalue weighted by Crippen LogP contribution is -2.62. The maximum absolute atomic E-state index is 13.0. The predicted octanol–water partition coefficient (Wildman–Crippen LogP) is -0.204. The first-order valence-corrected chi connectivity index (χ1v) is 12.6. The van der Waals surface area contributed by atoms with Crippen LogP contribution < -0.4 is 21.4 Å². The SMILES string of the molecule is CON=CC(=O)NC1(c2csc(N)n2)S[C@H]2CC(=O)N2C(C(=O)O)=C1C[n+]1ccc(N)n2nc(C)cc21. The molecule has 16 heteroatoms. The first-order valence-electron chi connectivity index (χ1n) is 10.9. The number of hydrogen-bond donors (Lipinski definition) is 4. The van der Waals surface area contributed by atoms with Crippen molar-refractivity contribution < 1.29 is 28.9 Å². The second-order valence-electron chi connectivity index (χ2n) is 8.26. The van der Waals surface area contributed by atoms with Gasteiger partial charge in [-0.3, -0.25) is 14.5 Å². The van der Waals surface area contributed by atoms with Crippen molar-refractivity contribution >= 4 is 63.7 Å². The lowest BCUT2D eigenvalue weighted by Gasteiger charge is -2.50. The van der Waals surface area contributed by atoms with Crippen LogP contribution in [-0.4, -0.2) is 61.1 Å². The number of anilines is 2. The third-order valence-electron chi connectivity index (χ3n) is 5.94. The van der Waals surface area contributed by atoms with Gasteiger partial charge in [-0.2, -0.15) is 0 Å². The van der Waals surface area contributed by atoms with Crippen LogP contribution in [0.4, 0.5) is 10.9 Å². The number of carbonyl (C=O) groups is 3. The second kappa shape index (κ2) is 9.04. The molecular formula is C21H22N9O5S2+. The van der Waals surface area contributed by atoms with Crippen LogP contribution in [0.5, 0.6) is 0 Å². The molecule has 1 fully saturated rings. The number of β-lactam (4-membered cyclic amide) rings is 1. The Morgan fingerprint density at radius 3 is 2.89 bits per heavy atom. The van der Waals surface area contributed by atoms with Gasteiger partial charge >= 0.3 is 11.6 Å². The van der Waals surface area contributed by atoms with Gasteiger partial charge in [-0.25, -0.2) is 14.3 Å². The molecule has 1 saturated heterocycles. The van der Waals surface area contributed by atoms with E-state index < -0.39 is 22.1 Å². The molecule has 2 amide bonds. The summed E-state index contributed by atoms with van der Waals surface area (Å²) >= 11 is 2.34. The van der Waals surface area contributed by atoms with E-state index in [-0.39, 0.29) is 35.3 Å². The Balaban J connectivity index is 1.77. The molecule has 37 heavy (non-hydrogen) atoms. The van der Waals surface area contributed by atoms with Gasteiger partial charge in [0.05, 0.1) is 35.4 Å². The summed E-state index contributed by atoms with van der Waals surface area (Å²) in [6, 6.07) is 3.41. The Kier molecular flexibility index (Phi) is 5.99. The van der Waals surface area contributed by atoms with E-state index in [1.807, 2.05) is 0 Å². The average Bonchev–Trinajstić information content (AvgIpc) is 3.46. The lowest BCUT2D eigenvalue weighted by atomic mass is 9.96. The summed E-state index contributed by atoms with van der Waals surface area (Å²) in [5.74, 6) is -1.93. The minimum Gasteiger partial charge on any atom is -0.477 e. The van der Waals surface area contributed by atoms with Crippen molar-refractivity contribution in [3.8, 4) is 0 Å². The second-order valence-corrected chi connectivity index (χ2v) is 10.5. The molecule has 2 aliphatic rings. The molecule has 0 radical (unpaired) electrons. The molecule has 0 bridgehead atoms. The fraction of sp³-hybridized carbons (Fsp3) is 0.286. The van der Waals surface area contributed by atoms with E-state index in [4.69, 9.17) is 11.5 Å². The summed E-state index contributed by atoms with van der Waals surface area (Å²) in [7, 11) is 1.29. The fourth-order valence-corrected chi connectivity index (χ4v) is 6.73. The number of nitrogens with zero attached hydrogens (tertiary/aromatic N) is 6. The van der Waals surface area contributed by atoms with Crippen molar-refractivity contribution in [2.24, 2.45) is 5.16 Å². The Morgan fingerprint density at radius 2 is 2.24 bits per heavy atom. The number of aryl methyl sites for hydroxylation is 1. The number of carboxylic acid groups (broad SMARTS) is 1.